The van der Waals surface area contributed by atoms with Crippen LogP contribution < -0.4 is 0 Å². The molecule has 134 valence electrons. The monoisotopic (exact) mass is 359 g/mol. The molecular weight excluding hydrogens is 341 g/mol. The Labute approximate surface area is 155 Å². The molecule has 5 heteroatoms. The molecule has 1 unspecified atom stereocenters. The van der Waals surface area contributed by atoms with E-state index in [2.05, 4.69) is 10.3 Å². The number of aliphatic hydroxyl groups excluding tert-OH is 1. The number of aliphatic hydroxyl groups is 1. The first-order valence-corrected chi connectivity index (χ1v) is 9.09. The lowest BCUT2D eigenvalue weighted by atomic mass is 9.94. The number of halogens is 1. The molecule has 1 atom stereocenters. The van der Waals surface area contributed by atoms with Crippen LogP contribution in [0.2, 0.25) is 0 Å². The van der Waals surface area contributed by atoms with E-state index in [0.717, 1.165) is 46.3 Å². The predicted molar refractivity (Wildman–Crippen MR) is 102 cm³/mol. The van der Waals surface area contributed by atoms with Crippen molar-refractivity contribution in [2.45, 2.75) is 18.9 Å². The fraction of sp³-hybridized carbons (Fsp3) is 0.182. The van der Waals surface area contributed by atoms with Gasteiger partial charge in [-0.1, -0.05) is 35.5 Å². The molecule has 0 spiro atoms. The molecule has 4 aromatic rings. The zero-order valence-corrected chi connectivity index (χ0v) is 14.6. The van der Waals surface area contributed by atoms with Gasteiger partial charge in [0, 0.05) is 0 Å². The lowest BCUT2D eigenvalue weighted by molar-refractivity contribution is 0.154. The highest BCUT2D eigenvalue weighted by molar-refractivity contribution is 5.83. The first kappa shape index (κ1) is 16.1. The van der Waals surface area contributed by atoms with Crippen LogP contribution in [0.1, 0.15) is 24.5 Å². The molecule has 0 aliphatic heterocycles. The number of fused-ring (bicyclic) bond motifs is 1. The molecule has 0 saturated heterocycles. The van der Waals surface area contributed by atoms with E-state index >= 15 is 0 Å². The normalized spacial score (nSPS) is 15.2. The van der Waals surface area contributed by atoms with Crippen molar-refractivity contribution in [2.24, 2.45) is 5.92 Å². The van der Waals surface area contributed by atoms with Crippen molar-refractivity contribution in [3.63, 3.8) is 0 Å². The minimum Gasteiger partial charge on any atom is -0.388 e. The second-order valence-electron chi connectivity index (χ2n) is 7.05. The minimum absolute atomic E-state index is 0.281. The maximum atomic E-state index is 13.2. The van der Waals surface area contributed by atoms with E-state index in [1.165, 1.54) is 12.1 Å². The maximum absolute atomic E-state index is 13.2. The van der Waals surface area contributed by atoms with Gasteiger partial charge in [0.15, 0.2) is 0 Å². The van der Waals surface area contributed by atoms with Crippen LogP contribution in [0.15, 0.2) is 66.7 Å². The van der Waals surface area contributed by atoms with Gasteiger partial charge in [-0.15, -0.1) is 5.10 Å². The van der Waals surface area contributed by atoms with Crippen LogP contribution in [0.4, 0.5) is 4.39 Å². The van der Waals surface area contributed by atoms with Gasteiger partial charge in [-0.2, -0.15) is 0 Å². The Morgan fingerprint density at radius 2 is 1.78 bits per heavy atom. The highest BCUT2D eigenvalue weighted by Gasteiger charge is 2.32. The quantitative estimate of drug-likeness (QED) is 0.576. The zero-order chi connectivity index (χ0) is 18.4. The van der Waals surface area contributed by atoms with E-state index in [9.17, 15) is 9.50 Å². The summed E-state index contributed by atoms with van der Waals surface area (Å²) in [5.41, 5.74) is 5.36. The van der Waals surface area contributed by atoms with E-state index in [-0.39, 0.29) is 5.82 Å². The average molecular weight is 359 g/mol. The Balaban J connectivity index is 1.58. The Hall–Kier alpha value is -3.05. The van der Waals surface area contributed by atoms with E-state index in [1.54, 1.807) is 16.8 Å². The van der Waals surface area contributed by atoms with Gasteiger partial charge in [0.25, 0.3) is 0 Å². The molecule has 3 aromatic carbocycles. The second-order valence-corrected chi connectivity index (χ2v) is 7.05. The summed E-state index contributed by atoms with van der Waals surface area (Å²) in [7, 11) is 0. The summed E-state index contributed by atoms with van der Waals surface area (Å²) >= 11 is 0. The lowest BCUT2D eigenvalue weighted by Gasteiger charge is -2.15. The van der Waals surface area contributed by atoms with Crippen LogP contribution in [0.25, 0.3) is 27.8 Å². The van der Waals surface area contributed by atoms with Crippen molar-refractivity contribution in [1.29, 1.82) is 0 Å². The van der Waals surface area contributed by atoms with Gasteiger partial charge in [-0.3, -0.25) is 0 Å². The summed E-state index contributed by atoms with van der Waals surface area (Å²) in [6.07, 6.45) is 1.74. The molecule has 1 heterocycles. The molecule has 1 fully saturated rings. The molecule has 0 amide bonds. The summed E-state index contributed by atoms with van der Waals surface area (Å²) in [6.45, 7) is 0. The summed E-state index contributed by atoms with van der Waals surface area (Å²) in [5.74, 6) is 0.0884. The molecule has 4 nitrogen and oxygen atoms in total. The fourth-order valence-corrected chi connectivity index (χ4v) is 3.55. The Kier molecular flexibility index (Phi) is 3.76. The third kappa shape index (κ3) is 2.90. The van der Waals surface area contributed by atoms with Gasteiger partial charge in [-0.05, 0) is 71.8 Å². The van der Waals surface area contributed by atoms with Gasteiger partial charge in [0.2, 0.25) is 0 Å². The molecule has 1 N–H and O–H groups in total. The van der Waals surface area contributed by atoms with Crippen molar-refractivity contribution in [3.05, 3.63) is 78.1 Å². The average Bonchev–Trinajstić information content (AvgIpc) is 3.47. The summed E-state index contributed by atoms with van der Waals surface area (Å²) in [4.78, 5) is 0. The maximum Gasteiger partial charge on any atom is 0.123 e. The van der Waals surface area contributed by atoms with Crippen LogP contribution in [0.5, 0.6) is 0 Å². The molecule has 1 aromatic heterocycles. The fourth-order valence-electron chi connectivity index (χ4n) is 3.55. The van der Waals surface area contributed by atoms with Crippen LogP contribution in [0.3, 0.4) is 0 Å². The smallest absolute Gasteiger partial charge is 0.123 e. The molecule has 27 heavy (non-hydrogen) atoms. The third-order valence-electron chi connectivity index (χ3n) is 5.18. The lowest BCUT2D eigenvalue weighted by Crippen LogP contribution is -2.01. The number of benzene rings is 3. The summed E-state index contributed by atoms with van der Waals surface area (Å²) in [5, 5.41) is 19.1. The SMILES string of the molecule is OC(c1ccccc1-c1ccc2c(c1)nnn2-c1ccc(F)cc1)C1CC1. The summed E-state index contributed by atoms with van der Waals surface area (Å²) in [6, 6.07) is 20.1. The highest BCUT2D eigenvalue weighted by atomic mass is 19.1. The number of nitrogens with zero attached hydrogens (tertiary/aromatic N) is 3. The Morgan fingerprint density at radius 1 is 1.00 bits per heavy atom. The number of rotatable bonds is 4. The Morgan fingerprint density at radius 3 is 2.56 bits per heavy atom. The molecular formula is C22H18FN3O. The number of hydrogen-bond acceptors (Lipinski definition) is 3. The first-order chi connectivity index (χ1) is 13.2. The topological polar surface area (TPSA) is 50.9 Å². The van der Waals surface area contributed by atoms with E-state index in [0.29, 0.717) is 5.92 Å². The van der Waals surface area contributed by atoms with E-state index in [1.807, 2.05) is 42.5 Å². The van der Waals surface area contributed by atoms with Gasteiger partial charge in [-0.25, -0.2) is 9.07 Å². The van der Waals surface area contributed by atoms with Gasteiger partial charge in [0.05, 0.1) is 17.3 Å². The molecule has 0 radical (unpaired) electrons. The van der Waals surface area contributed by atoms with Gasteiger partial charge in [0.1, 0.15) is 11.3 Å². The van der Waals surface area contributed by atoms with Crippen molar-refractivity contribution in [3.8, 4) is 16.8 Å². The zero-order valence-electron chi connectivity index (χ0n) is 14.6. The van der Waals surface area contributed by atoms with Gasteiger partial charge < -0.3 is 5.11 Å². The first-order valence-electron chi connectivity index (χ1n) is 9.09. The number of aromatic nitrogens is 3. The van der Waals surface area contributed by atoms with Crippen LogP contribution in [-0.4, -0.2) is 20.1 Å². The third-order valence-corrected chi connectivity index (χ3v) is 5.18. The van der Waals surface area contributed by atoms with Crippen LogP contribution >= 0.6 is 0 Å². The highest BCUT2D eigenvalue weighted by Crippen LogP contribution is 2.43. The molecule has 1 aliphatic carbocycles. The van der Waals surface area contributed by atoms with E-state index < -0.39 is 6.10 Å². The largest absolute Gasteiger partial charge is 0.388 e. The molecule has 0 bridgehead atoms. The summed E-state index contributed by atoms with van der Waals surface area (Å²) < 4.78 is 14.9. The molecule has 1 saturated carbocycles. The van der Waals surface area contributed by atoms with Crippen molar-refractivity contribution < 1.29 is 9.50 Å². The van der Waals surface area contributed by atoms with Crippen LogP contribution in [-0.2, 0) is 0 Å². The van der Waals surface area contributed by atoms with Gasteiger partial charge >= 0.3 is 0 Å². The number of hydrogen-bond donors (Lipinski definition) is 1. The van der Waals surface area contributed by atoms with Crippen molar-refractivity contribution >= 4 is 11.0 Å². The van der Waals surface area contributed by atoms with Crippen LogP contribution in [0, 0.1) is 11.7 Å². The molecule has 1 aliphatic rings. The second kappa shape index (κ2) is 6.28. The minimum atomic E-state index is -0.424. The Bertz CT molecular complexity index is 1120. The predicted octanol–water partition coefficient (Wildman–Crippen LogP) is 4.67. The van der Waals surface area contributed by atoms with E-state index in [4.69, 9.17) is 0 Å². The van der Waals surface area contributed by atoms with Crippen molar-refractivity contribution in [1.82, 2.24) is 15.0 Å². The van der Waals surface area contributed by atoms with Crippen molar-refractivity contribution in [2.75, 3.05) is 0 Å². The standard InChI is InChI=1S/C22H18FN3O/c23-16-8-10-17(11-9-16)26-21-12-7-15(13-20(21)24-25-26)18-3-1-2-4-19(18)22(27)14-5-6-14/h1-4,7-14,22,27H,5-6H2. The molecule has 5 rings (SSSR count).